The molecule has 2 aromatic carbocycles. The van der Waals surface area contributed by atoms with Crippen molar-refractivity contribution in [2.24, 2.45) is 5.92 Å². The van der Waals surface area contributed by atoms with Gasteiger partial charge in [0.15, 0.2) is 0 Å². The predicted molar refractivity (Wildman–Crippen MR) is 112 cm³/mol. The van der Waals surface area contributed by atoms with Gasteiger partial charge in [0.1, 0.15) is 18.0 Å². The Labute approximate surface area is 173 Å². The van der Waals surface area contributed by atoms with E-state index < -0.39 is 12.0 Å². The molecule has 2 atom stereocenters. The lowest BCUT2D eigenvalue weighted by Gasteiger charge is -2.33. The number of halogens is 1. The van der Waals surface area contributed by atoms with Crippen LogP contribution in [0.1, 0.15) is 18.5 Å². The highest BCUT2D eigenvalue weighted by Gasteiger charge is 2.39. The van der Waals surface area contributed by atoms with Gasteiger partial charge in [-0.05, 0) is 48.9 Å². The molecule has 0 radical (unpaired) electrons. The summed E-state index contributed by atoms with van der Waals surface area (Å²) < 4.78 is 7.13. The lowest BCUT2D eigenvalue weighted by molar-refractivity contribution is -0.119. The van der Waals surface area contributed by atoms with Crippen LogP contribution in [0.3, 0.4) is 0 Å². The van der Waals surface area contributed by atoms with E-state index in [1.807, 2.05) is 37.3 Å². The van der Waals surface area contributed by atoms with Crippen molar-refractivity contribution in [1.82, 2.24) is 14.8 Å². The third kappa shape index (κ3) is 3.82. The van der Waals surface area contributed by atoms with Crippen LogP contribution in [0.2, 0.25) is 5.02 Å². The van der Waals surface area contributed by atoms with Crippen molar-refractivity contribution < 1.29 is 9.53 Å². The quantitative estimate of drug-likeness (QED) is 0.662. The number of nitrogens with one attached hydrogen (secondary N) is 2. The van der Waals surface area contributed by atoms with Crippen LogP contribution < -0.4 is 15.4 Å². The molecule has 148 valence electrons. The molecule has 0 bridgehead atoms. The summed E-state index contributed by atoms with van der Waals surface area (Å²) in [6.45, 7) is 6.57. The van der Waals surface area contributed by atoms with Crippen molar-refractivity contribution in [3.05, 3.63) is 77.7 Å². The Hall–Kier alpha value is -3.32. The van der Waals surface area contributed by atoms with E-state index in [1.165, 1.54) is 6.33 Å². The van der Waals surface area contributed by atoms with Crippen LogP contribution in [-0.2, 0) is 4.79 Å². The Morgan fingerprint density at radius 1 is 1.31 bits per heavy atom. The summed E-state index contributed by atoms with van der Waals surface area (Å²) in [6.07, 6.45) is 1.44. The van der Waals surface area contributed by atoms with Crippen LogP contribution in [0.5, 0.6) is 5.75 Å². The maximum Gasteiger partial charge on any atom is 0.235 e. The van der Waals surface area contributed by atoms with Crippen molar-refractivity contribution in [2.75, 3.05) is 17.2 Å². The highest BCUT2D eigenvalue weighted by Crippen LogP contribution is 2.38. The lowest BCUT2D eigenvalue weighted by Crippen LogP contribution is -2.39. The van der Waals surface area contributed by atoms with Gasteiger partial charge in [0.05, 0.1) is 12.6 Å². The molecule has 2 N–H and O–H groups in total. The molecular formula is C21H20ClN5O2. The smallest absolute Gasteiger partial charge is 0.235 e. The number of anilines is 2. The molecule has 0 saturated carbocycles. The molecule has 1 aliphatic heterocycles. The number of carbonyl (C=O) groups is 1. The third-order valence-electron chi connectivity index (χ3n) is 4.71. The van der Waals surface area contributed by atoms with Gasteiger partial charge < -0.3 is 15.4 Å². The SMILES string of the molecule is C=C1Nc2ncnn2[C@H](c2cccc(Cl)c2)[C@H]1C(=O)Nc1ccc(OCC)cc1. The Morgan fingerprint density at radius 3 is 2.83 bits per heavy atom. The highest BCUT2D eigenvalue weighted by atomic mass is 35.5. The molecule has 1 amide bonds. The summed E-state index contributed by atoms with van der Waals surface area (Å²) in [6, 6.07) is 14.2. The number of benzene rings is 2. The van der Waals surface area contributed by atoms with Gasteiger partial charge in [-0.25, -0.2) is 4.68 Å². The van der Waals surface area contributed by atoms with Gasteiger partial charge in [-0.1, -0.05) is 30.3 Å². The van der Waals surface area contributed by atoms with Gasteiger partial charge >= 0.3 is 0 Å². The average molecular weight is 410 g/mol. The number of nitrogens with zero attached hydrogens (tertiary/aromatic N) is 3. The van der Waals surface area contributed by atoms with Crippen molar-refractivity contribution in [3.63, 3.8) is 0 Å². The van der Waals surface area contributed by atoms with Crippen LogP contribution in [0.25, 0.3) is 0 Å². The zero-order valence-electron chi connectivity index (χ0n) is 15.8. The fourth-order valence-electron chi connectivity index (χ4n) is 3.44. The van der Waals surface area contributed by atoms with Crippen molar-refractivity contribution >= 4 is 29.1 Å². The molecule has 0 spiro atoms. The second-order valence-corrected chi connectivity index (χ2v) is 7.04. The molecule has 0 aliphatic carbocycles. The first-order valence-electron chi connectivity index (χ1n) is 9.21. The average Bonchev–Trinajstić information content (AvgIpc) is 3.16. The molecule has 8 heteroatoms. The minimum Gasteiger partial charge on any atom is -0.494 e. The highest BCUT2D eigenvalue weighted by molar-refractivity contribution is 6.30. The van der Waals surface area contributed by atoms with Gasteiger partial charge in [0.2, 0.25) is 11.9 Å². The van der Waals surface area contributed by atoms with E-state index in [0.29, 0.717) is 29.0 Å². The Bertz CT molecular complexity index is 1050. The summed E-state index contributed by atoms with van der Waals surface area (Å²) in [7, 11) is 0. The standard InChI is InChI=1S/C21H20ClN5O2/c1-3-29-17-9-7-16(8-10-17)26-20(28)18-13(2)25-21-23-12-24-27(21)19(18)14-5-4-6-15(22)11-14/h4-12,18-19H,2-3H2,1H3,(H,26,28)(H,23,24,25)/t18-,19+/m0/s1. The normalized spacial score (nSPS) is 17.9. The van der Waals surface area contributed by atoms with E-state index in [0.717, 1.165) is 11.3 Å². The van der Waals surface area contributed by atoms with Crippen molar-refractivity contribution in [2.45, 2.75) is 13.0 Å². The van der Waals surface area contributed by atoms with Gasteiger partial charge in [-0.2, -0.15) is 10.1 Å². The van der Waals surface area contributed by atoms with Gasteiger partial charge in [-0.3, -0.25) is 4.79 Å². The zero-order valence-corrected chi connectivity index (χ0v) is 16.6. The van der Waals surface area contributed by atoms with Crippen LogP contribution in [-0.4, -0.2) is 27.3 Å². The Balaban J connectivity index is 1.66. The van der Waals surface area contributed by atoms with E-state index in [9.17, 15) is 4.79 Å². The summed E-state index contributed by atoms with van der Waals surface area (Å²) in [4.78, 5) is 17.5. The summed E-state index contributed by atoms with van der Waals surface area (Å²) in [5, 5.41) is 10.9. The fourth-order valence-corrected chi connectivity index (χ4v) is 3.64. The van der Waals surface area contributed by atoms with Gasteiger partial charge in [-0.15, -0.1) is 0 Å². The molecule has 4 rings (SSSR count). The monoisotopic (exact) mass is 409 g/mol. The molecular weight excluding hydrogens is 390 g/mol. The number of rotatable bonds is 5. The summed E-state index contributed by atoms with van der Waals surface area (Å²) in [5.41, 5.74) is 2.05. The minimum absolute atomic E-state index is 0.210. The zero-order chi connectivity index (χ0) is 20.4. The van der Waals surface area contributed by atoms with E-state index in [-0.39, 0.29) is 5.91 Å². The molecule has 29 heavy (non-hydrogen) atoms. The summed E-state index contributed by atoms with van der Waals surface area (Å²) >= 11 is 6.20. The summed E-state index contributed by atoms with van der Waals surface area (Å²) in [5.74, 6) is 0.454. The van der Waals surface area contributed by atoms with Crippen LogP contribution >= 0.6 is 11.6 Å². The van der Waals surface area contributed by atoms with E-state index >= 15 is 0 Å². The molecule has 1 aliphatic rings. The Morgan fingerprint density at radius 2 is 2.10 bits per heavy atom. The predicted octanol–water partition coefficient (Wildman–Crippen LogP) is 4.11. The molecule has 0 unspecified atom stereocenters. The molecule has 1 aromatic heterocycles. The third-order valence-corrected chi connectivity index (χ3v) is 4.94. The van der Waals surface area contributed by atoms with E-state index in [4.69, 9.17) is 16.3 Å². The molecule has 2 heterocycles. The number of hydrogen-bond acceptors (Lipinski definition) is 5. The Kier molecular flexibility index (Phi) is 5.22. The maximum atomic E-state index is 13.3. The first-order chi connectivity index (χ1) is 14.1. The second kappa shape index (κ2) is 7.97. The van der Waals surface area contributed by atoms with Crippen LogP contribution in [0.15, 0.2) is 67.1 Å². The number of amides is 1. The van der Waals surface area contributed by atoms with E-state index in [2.05, 4.69) is 27.3 Å². The lowest BCUT2D eigenvalue weighted by atomic mass is 9.88. The van der Waals surface area contributed by atoms with E-state index in [1.54, 1.807) is 22.9 Å². The van der Waals surface area contributed by atoms with Crippen molar-refractivity contribution in [1.29, 1.82) is 0 Å². The molecule has 0 fully saturated rings. The fraction of sp³-hybridized carbons (Fsp3) is 0.190. The van der Waals surface area contributed by atoms with Gasteiger partial charge in [0.25, 0.3) is 0 Å². The minimum atomic E-state index is -0.616. The molecule has 7 nitrogen and oxygen atoms in total. The van der Waals surface area contributed by atoms with Crippen LogP contribution in [0, 0.1) is 5.92 Å². The number of aromatic nitrogens is 3. The first-order valence-corrected chi connectivity index (χ1v) is 9.59. The number of hydrogen-bond donors (Lipinski definition) is 2. The van der Waals surface area contributed by atoms with Crippen molar-refractivity contribution in [3.8, 4) is 5.75 Å². The maximum absolute atomic E-state index is 13.3. The number of carbonyl (C=O) groups excluding carboxylic acids is 1. The topological polar surface area (TPSA) is 81.1 Å². The number of ether oxygens (including phenoxy) is 1. The molecule has 3 aromatic rings. The second-order valence-electron chi connectivity index (χ2n) is 6.60. The largest absolute Gasteiger partial charge is 0.494 e. The number of fused-ring (bicyclic) bond motifs is 1. The van der Waals surface area contributed by atoms with Gasteiger partial charge in [0, 0.05) is 16.4 Å². The first kappa shape index (κ1) is 19.0. The molecule has 0 saturated heterocycles. The van der Waals surface area contributed by atoms with Crippen LogP contribution in [0.4, 0.5) is 11.6 Å².